The number of hydrogen-bond acceptors (Lipinski definition) is 2. The standard InChI is InChI=1S/C17H20O2/c1-12(2)14-5-7-16(8-6-14)19-17-9-4-13(3)10-15(17)11-18/h4-10,12,18H,11H2,1-3H3. The van der Waals surface area contributed by atoms with E-state index < -0.39 is 0 Å². The second-order valence-corrected chi connectivity index (χ2v) is 5.10. The van der Waals surface area contributed by atoms with Crippen molar-refractivity contribution in [3.63, 3.8) is 0 Å². The van der Waals surface area contributed by atoms with Gasteiger partial charge in [-0.15, -0.1) is 0 Å². The van der Waals surface area contributed by atoms with Crippen LogP contribution in [-0.4, -0.2) is 5.11 Å². The average molecular weight is 256 g/mol. The number of rotatable bonds is 4. The summed E-state index contributed by atoms with van der Waals surface area (Å²) >= 11 is 0. The molecule has 0 aliphatic carbocycles. The minimum atomic E-state index is -0.0128. The molecule has 0 aromatic heterocycles. The number of aryl methyl sites for hydroxylation is 1. The van der Waals surface area contributed by atoms with Gasteiger partial charge in [0.05, 0.1) is 6.61 Å². The van der Waals surface area contributed by atoms with Gasteiger partial charge in [0.15, 0.2) is 0 Å². The lowest BCUT2D eigenvalue weighted by Gasteiger charge is -2.11. The van der Waals surface area contributed by atoms with Gasteiger partial charge < -0.3 is 9.84 Å². The van der Waals surface area contributed by atoms with Crippen LogP contribution in [0.1, 0.15) is 36.5 Å². The molecule has 1 N–H and O–H groups in total. The zero-order chi connectivity index (χ0) is 13.8. The second kappa shape index (κ2) is 5.89. The third-order valence-electron chi connectivity index (χ3n) is 3.16. The van der Waals surface area contributed by atoms with Crippen molar-refractivity contribution in [3.05, 3.63) is 59.2 Å². The SMILES string of the molecule is Cc1ccc(Oc2ccc(C(C)C)cc2)c(CO)c1. The number of aliphatic hydroxyl groups is 1. The normalized spacial score (nSPS) is 10.8. The van der Waals surface area contributed by atoms with E-state index in [1.54, 1.807) is 0 Å². The zero-order valence-corrected chi connectivity index (χ0v) is 11.7. The largest absolute Gasteiger partial charge is 0.457 e. The van der Waals surface area contributed by atoms with E-state index in [1.165, 1.54) is 5.56 Å². The van der Waals surface area contributed by atoms with Crippen LogP contribution < -0.4 is 4.74 Å². The molecular weight excluding hydrogens is 236 g/mol. The summed E-state index contributed by atoms with van der Waals surface area (Å²) in [7, 11) is 0. The molecule has 0 saturated heterocycles. The van der Waals surface area contributed by atoms with Crippen molar-refractivity contribution >= 4 is 0 Å². The fraction of sp³-hybridized carbons (Fsp3) is 0.294. The predicted octanol–water partition coefficient (Wildman–Crippen LogP) is 4.40. The minimum absolute atomic E-state index is 0.0128. The summed E-state index contributed by atoms with van der Waals surface area (Å²) in [6.07, 6.45) is 0. The first-order valence-corrected chi connectivity index (χ1v) is 6.58. The molecule has 2 nitrogen and oxygen atoms in total. The van der Waals surface area contributed by atoms with Gasteiger partial charge in [0.25, 0.3) is 0 Å². The molecule has 19 heavy (non-hydrogen) atoms. The molecule has 2 rings (SSSR count). The lowest BCUT2D eigenvalue weighted by atomic mass is 10.0. The monoisotopic (exact) mass is 256 g/mol. The lowest BCUT2D eigenvalue weighted by molar-refractivity contribution is 0.276. The first-order valence-electron chi connectivity index (χ1n) is 6.58. The highest BCUT2D eigenvalue weighted by Crippen LogP contribution is 2.27. The highest BCUT2D eigenvalue weighted by Gasteiger charge is 2.05. The molecule has 0 radical (unpaired) electrons. The molecular formula is C17H20O2. The molecule has 0 aliphatic rings. The molecule has 0 atom stereocenters. The smallest absolute Gasteiger partial charge is 0.132 e. The van der Waals surface area contributed by atoms with E-state index in [1.807, 2.05) is 37.3 Å². The summed E-state index contributed by atoms with van der Waals surface area (Å²) in [6, 6.07) is 13.9. The van der Waals surface area contributed by atoms with Crippen LogP contribution in [-0.2, 0) is 6.61 Å². The van der Waals surface area contributed by atoms with E-state index in [-0.39, 0.29) is 6.61 Å². The van der Waals surface area contributed by atoms with Gasteiger partial charge in [0, 0.05) is 5.56 Å². The topological polar surface area (TPSA) is 29.5 Å². The average Bonchev–Trinajstić information content (AvgIpc) is 2.41. The summed E-state index contributed by atoms with van der Waals surface area (Å²) in [6.45, 7) is 6.32. The van der Waals surface area contributed by atoms with E-state index in [9.17, 15) is 5.11 Å². The van der Waals surface area contributed by atoms with Crippen molar-refractivity contribution in [1.82, 2.24) is 0 Å². The van der Waals surface area contributed by atoms with Crippen molar-refractivity contribution < 1.29 is 9.84 Å². The molecule has 0 fully saturated rings. The Bertz CT molecular complexity index is 542. The highest BCUT2D eigenvalue weighted by molar-refractivity contribution is 5.40. The maximum Gasteiger partial charge on any atom is 0.132 e. The fourth-order valence-corrected chi connectivity index (χ4v) is 1.98. The molecule has 0 amide bonds. The van der Waals surface area contributed by atoms with Gasteiger partial charge >= 0.3 is 0 Å². The van der Waals surface area contributed by atoms with E-state index in [2.05, 4.69) is 26.0 Å². The third kappa shape index (κ3) is 3.36. The Kier molecular flexibility index (Phi) is 4.23. The number of hydrogen-bond donors (Lipinski definition) is 1. The van der Waals surface area contributed by atoms with Gasteiger partial charge in [-0.1, -0.05) is 43.7 Å². The van der Waals surface area contributed by atoms with Crippen molar-refractivity contribution in [2.75, 3.05) is 0 Å². The highest BCUT2D eigenvalue weighted by atomic mass is 16.5. The van der Waals surface area contributed by atoms with Crippen LogP contribution in [0.15, 0.2) is 42.5 Å². The maximum absolute atomic E-state index is 9.36. The quantitative estimate of drug-likeness (QED) is 0.878. The van der Waals surface area contributed by atoms with Gasteiger partial charge in [-0.05, 0) is 36.6 Å². The van der Waals surface area contributed by atoms with Crippen LogP contribution in [0.4, 0.5) is 0 Å². The molecule has 0 bridgehead atoms. The molecule has 0 saturated carbocycles. The second-order valence-electron chi connectivity index (χ2n) is 5.10. The summed E-state index contributed by atoms with van der Waals surface area (Å²) in [4.78, 5) is 0. The Morgan fingerprint density at radius 1 is 1.05 bits per heavy atom. The van der Waals surface area contributed by atoms with E-state index >= 15 is 0 Å². The first-order chi connectivity index (χ1) is 9.10. The Hall–Kier alpha value is -1.80. The Balaban J connectivity index is 2.21. The molecule has 2 aromatic carbocycles. The molecule has 0 unspecified atom stereocenters. The van der Waals surface area contributed by atoms with Crippen molar-refractivity contribution in [2.24, 2.45) is 0 Å². The Morgan fingerprint density at radius 2 is 1.74 bits per heavy atom. The molecule has 100 valence electrons. The molecule has 2 aromatic rings. The Labute approximate surface area is 114 Å². The van der Waals surface area contributed by atoms with Crippen LogP contribution in [0.5, 0.6) is 11.5 Å². The maximum atomic E-state index is 9.36. The minimum Gasteiger partial charge on any atom is -0.457 e. The van der Waals surface area contributed by atoms with Crippen LogP contribution in [0.3, 0.4) is 0 Å². The number of ether oxygens (including phenoxy) is 1. The Morgan fingerprint density at radius 3 is 2.32 bits per heavy atom. The van der Waals surface area contributed by atoms with E-state index in [0.29, 0.717) is 11.7 Å². The summed E-state index contributed by atoms with van der Waals surface area (Å²) in [5.41, 5.74) is 3.22. The van der Waals surface area contributed by atoms with Gasteiger partial charge in [-0.2, -0.15) is 0 Å². The van der Waals surface area contributed by atoms with Gasteiger partial charge in [0.2, 0.25) is 0 Å². The predicted molar refractivity (Wildman–Crippen MR) is 77.7 cm³/mol. The van der Waals surface area contributed by atoms with Crippen LogP contribution in [0, 0.1) is 6.92 Å². The third-order valence-corrected chi connectivity index (χ3v) is 3.16. The molecule has 0 heterocycles. The van der Waals surface area contributed by atoms with Crippen LogP contribution in [0.25, 0.3) is 0 Å². The van der Waals surface area contributed by atoms with Crippen molar-refractivity contribution in [3.8, 4) is 11.5 Å². The fourth-order valence-electron chi connectivity index (χ4n) is 1.98. The molecule has 2 heteroatoms. The summed E-state index contributed by atoms with van der Waals surface area (Å²) in [5.74, 6) is 2.02. The van der Waals surface area contributed by atoms with E-state index in [0.717, 1.165) is 16.9 Å². The number of benzene rings is 2. The summed E-state index contributed by atoms with van der Waals surface area (Å²) in [5, 5.41) is 9.36. The van der Waals surface area contributed by atoms with Crippen molar-refractivity contribution in [1.29, 1.82) is 0 Å². The first kappa shape index (κ1) is 13.6. The summed E-state index contributed by atoms with van der Waals surface area (Å²) < 4.78 is 5.83. The van der Waals surface area contributed by atoms with Crippen LogP contribution in [0.2, 0.25) is 0 Å². The molecule has 0 aliphatic heterocycles. The van der Waals surface area contributed by atoms with Crippen LogP contribution >= 0.6 is 0 Å². The van der Waals surface area contributed by atoms with Gasteiger partial charge in [0.1, 0.15) is 11.5 Å². The number of aliphatic hydroxyl groups excluding tert-OH is 1. The van der Waals surface area contributed by atoms with Crippen molar-refractivity contribution in [2.45, 2.75) is 33.3 Å². The van der Waals surface area contributed by atoms with E-state index in [4.69, 9.17) is 4.74 Å². The molecule has 0 spiro atoms. The lowest BCUT2D eigenvalue weighted by Crippen LogP contribution is -1.93. The van der Waals surface area contributed by atoms with Gasteiger partial charge in [-0.3, -0.25) is 0 Å². The zero-order valence-electron chi connectivity index (χ0n) is 11.7. The van der Waals surface area contributed by atoms with Gasteiger partial charge in [-0.25, -0.2) is 0 Å².